The van der Waals surface area contributed by atoms with Crippen molar-refractivity contribution in [3.63, 3.8) is 0 Å². The first-order valence-electron chi connectivity index (χ1n) is 9.16. The molecule has 1 unspecified atom stereocenters. The van der Waals surface area contributed by atoms with Crippen LogP contribution in [-0.4, -0.2) is 47.2 Å². The molecule has 1 atom stereocenters. The number of hydrogen-bond acceptors (Lipinski definition) is 4. The van der Waals surface area contributed by atoms with E-state index in [0.717, 1.165) is 49.4 Å². The third kappa shape index (κ3) is 4.09. The summed E-state index contributed by atoms with van der Waals surface area (Å²) in [6, 6.07) is 10.2. The first-order chi connectivity index (χ1) is 12.3. The minimum absolute atomic E-state index is 0. The van der Waals surface area contributed by atoms with Crippen molar-refractivity contribution in [3.8, 4) is 0 Å². The van der Waals surface area contributed by atoms with Crippen LogP contribution in [0, 0.1) is 0 Å². The maximum atomic E-state index is 12.9. The number of aromatic amines is 1. The zero-order chi connectivity index (χ0) is 17.1. The van der Waals surface area contributed by atoms with Crippen molar-refractivity contribution in [1.29, 1.82) is 0 Å². The van der Waals surface area contributed by atoms with Crippen molar-refractivity contribution < 1.29 is 4.79 Å². The highest BCUT2D eigenvalue weighted by Gasteiger charge is 2.25. The van der Waals surface area contributed by atoms with E-state index in [1.807, 2.05) is 18.2 Å². The summed E-state index contributed by atoms with van der Waals surface area (Å²) in [6.07, 6.45) is 3.38. The standard InChI is InChI=1S/C19H25N5O.ClH/c25-19(18-15-12-20-9-8-16(15)22-23-18)21-17(13-24-10-4-5-11-24)14-6-2-1-3-7-14;/h1-3,6-7,17,20H,4-5,8-13H2,(H,21,25)(H,22,23);1H. The van der Waals surface area contributed by atoms with Crippen molar-refractivity contribution in [2.75, 3.05) is 26.2 Å². The van der Waals surface area contributed by atoms with Crippen molar-refractivity contribution >= 4 is 18.3 Å². The van der Waals surface area contributed by atoms with E-state index in [9.17, 15) is 4.79 Å². The summed E-state index contributed by atoms with van der Waals surface area (Å²) in [5.41, 5.74) is 3.77. The van der Waals surface area contributed by atoms with Gasteiger partial charge in [0.25, 0.3) is 5.91 Å². The predicted octanol–water partition coefficient (Wildman–Crippen LogP) is 2.04. The van der Waals surface area contributed by atoms with Crippen LogP contribution in [0.25, 0.3) is 0 Å². The molecule has 140 valence electrons. The van der Waals surface area contributed by atoms with Crippen LogP contribution in [0.15, 0.2) is 30.3 Å². The van der Waals surface area contributed by atoms with Gasteiger partial charge in [-0.25, -0.2) is 0 Å². The third-order valence-electron chi connectivity index (χ3n) is 5.17. The number of hydrogen-bond donors (Lipinski definition) is 3. The zero-order valence-corrected chi connectivity index (χ0v) is 15.6. The smallest absolute Gasteiger partial charge is 0.272 e. The molecule has 3 heterocycles. The van der Waals surface area contributed by atoms with Crippen molar-refractivity contribution in [2.45, 2.75) is 31.8 Å². The summed E-state index contributed by atoms with van der Waals surface area (Å²) >= 11 is 0. The Labute approximate surface area is 160 Å². The number of halogens is 1. The average molecular weight is 376 g/mol. The van der Waals surface area contributed by atoms with Gasteiger partial charge in [-0.2, -0.15) is 5.10 Å². The Balaban J connectivity index is 0.00000196. The second-order valence-corrected chi connectivity index (χ2v) is 6.90. The average Bonchev–Trinajstić information content (AvgIpc) is 3.31. The molecule has 0 aliphatic carbocycles. The van der Waals surface area contributed by atoms with E-state index in [2.05, 4.69) is 37.9 Å². The number of rotatable bonds is 5. The molecular weight excluding hydrogens is 350 g/mol. The van der Waals surface area contributed by atoms with E-state index in [1.165, 1.54) is 12.8 Å². The van der Waals surface area contributed by atoms with Crippen molar-refractivity contribution in [3.05, 3.63) is 52.8 Å². The summed E-state index contributed by atoms with van der Waals surface area (Å²) in [5, 5.41) is 13.9. The second kappa shape index (κ2) is 8.66. The van der Waals surface area contributed by atoms with Crippen LogP contribution in [0.2, 0.25) is 0 Å². The topological polar surface area (TPSA) is 73.0 Å². The highest BCUT2D eigenvalue weighted by atomic mass is 35.5. The molecule has 0 bridgehead atoms. The van der Waals surface area contributed by atoms with E-state index >= 15 is 0 Å². The number of fused-ring (bicyclic) bond motifs is 1. The van der Waals surface area contributed by atoms with Gasteiger partial charge in [-0.3, -0.25) is 9.89 Å². The van der Waals surface area contributed by atoms with Gasteiger partial charge in [0.15, 0.2) is 5.69 Å². The fraction of sp³-hybridized carbons (Fsp3) is 0.474. The maximum Gasteiger partial charge on any atom is 0.272 e. The van der Waals surface area contributed by atoms with E-state index < -0.39 is 0 Å². The number of carbonyl (C=O) groups excluding carboxylic acids is 1. The molecule has 1 aromatic carbocycles. The van der Waals surface area contributed by atoms with E-state index in [-0.39, 0.29) is 24.4 Å². The van der Waals surface area contributed by atoms with Gasteiger partial charge in [-0.05, 0) is 31.5 Å². The van der Waals surface area contributed by atoms with Crippen LogP contribution in [-0.2, 0) is 13.0 Å². The lowest BCUT2D eigenvalue weighted by molar-refractivity contribution is 0.0921. The van der Waals surface area contributed by atoms with Gasteiger partial charge in [0, 0.05) is 37.3 Å². The first-order valence-corrected chi connectivity index (χ1v) is 9.16. The fourth-order valence-corrected chi connectivity index (χ4v) is 3.78. The molecule has 26 heavy (non-hydrogen) atoms. The number of amides is 1. The Morgan fingerprint density at radius 1 is 1.23 bits per heavy atom. The summed E-state index contributed by atoms with van der Waals surface area (Å²) in [5.74, 6) is -0.0887. The Kier molecular flexibility index (Phi) is 6.29. The fourth-order valence-electron chi connectivity index (χ4n) is 3.78. The molecule has 2 aromatic rings. The molecule has 1 amide bonds. The molecule has 1 fully saturated rings. The van der Waals surface area contributed by atoms with Gasteiger partial charge in [-0.15, -0.1) is 12.4 Å². The highest BCUT2D eigenvalue weighted by molar-refractivity contribution is 5.94. The van der Waals surface area contributed by atoms with Crippen LogP contribution < -0.4 is 10.6 Å². The lowest BCUT2D eigenvalue weighted by Gasteiger charge is -2.25. The summed E-state index contributed by atoms with van der Waals surface area (Å²) < 4.78 is 0. The molecule has 1 saturated heterocycles. The van der Waals surface area contributed by atoms with Crippen LogP contribution in [0.1, 0.15) is 46.2 Å². The number of nitrogens with zero attached hydrogens (tertiary/aromatic N) is 2. The van der Waals surface area contributed by atoms with Crippen LogP contribution in [0.4, 0.5) is 0 Å². The molecule has 2 aliphatic rings. The van der Waals surface area contributed by atoms with E-state index in [0.29, 0.717) is 12.2 Å². The lowest BCUT2D eigenvalue weighted by Crippen LogP contribution is -2.37. The second-order valence-electron chi connectivity index (χ2n) is 6.90. The lowest BCUT2D eigenvalue weighted by atomic mass is 10.0. The van der Waals surface area contributed by atoms with Crippen LogP contribution in [0.3, 0.4) is 0 Å². The number of carbonyl (C=O) groups is 1. The molecule has 2 aliphatic heterocycles. The number of benzene rings is 1. The molecule has 0 spiro atoms. The molecule has 3 N–H and O–H groups in total. The molecule has 6 nitrogen and oxygen atoms in total. The number of aromatic nitrogens is 2. The zero-order valence-electron chi connectivity index (χ0n) is 14.8. The Morgan fingerprint density at radius 3 is 2.77 bits per heavy atom. The number of likely N-dealkylation sites (tertiary alicyclic amines) is 1. The van der Waals surface area contributed by atoms with Gasteiger partial charge in [0.2, 0.25) is 0 Å². The molecule has 7 heteroatoms. The molecular formula is C19H26ClN5O. The Morgan fingerprint density at radius 2 is 2.00 bits per heavy atom. The predicted molar refractivity (Wildman–Crippen MR) is 104 cm³/mol. The minimum atomic E-state index is -0.0887. The third-order valence-corrected chi connectivity index (χ3v) is 5.17. The van der Waals surface area contributed by atoms with Crippen LogP contribution in [0.5, 0.6) is 0 Å². The largest absolute Gasteiger partial charge is 0.343 e. The van der Waals surface area contributed by atoms with Gasteiger partial charge in [0.05, 0.1) is 6.04 Å². The van der Waals surface area contributed by atoms with E-state index in [1.54, 1.807) is 0 Å². The number of nitrogens with one attached hydrogen (secondary N) is 3. The summed E-state index contributed by atoms with van der Waals surface area (Å²) in [4.78, 5) is 15.3. The SMILES string of the molecule is Cl.O=C(NC(CN1CCCC1)c1ccccc1)c1n[nH]c2c1CNCC2. The van der Waals surface area contributed by atoms with Crippen molar-refractivity contribution in [1.82, 2.24) is 25.7 Å². The molecule has 0 radical (unpaired) electrons. The monoisotopic (exact) mass is 375 g/mol. The first kappa shape index (κ1) is 18.9. The summed E-state index contributed by atoms with van der Waals surface area (Å²) in [6.45, 7) is 4.71. The summed E-state index contributed by atoms with van der Waals surface area (Å²) in [7, 11) is 0. The van der Waals surface area contributed by atoms with Crippen molar-refractivity contribution in [2.24, 2.45) is 0 Å². The van der Waals surface area contributed by atoms with Gasteiger partial charge in [-0.1, -0.05) is 30.3 Å². The number of H-pyrrole nitrogens is 1. The van der Waals surface area contributed by atoms with Gasteiger partial charge < -0.3 is 15.5 Å². The Hall–Kier alpha value is -1.89. The van der Waals surface area contributed by atoms with Gasteiger partial charge >= 0.3 is 0 Å². The van der Waals surface area contributed by atoms with Gasteiger partial charge in [0.1, 0.15) is 0 Å². The molecule has 1 aromatic heterocycles. The highest BCUT2D eigenvalue weighted by Crippen LogP contribution is 2.20. The minimum Gasteiger partial charge on any atom is -0.343 e. The van der Waals surface area contributed by atoms with E-state index in [4.69, 9.17) is 0 Å². The quantitative estimate of drug-likeness (QED) is 0.747. The normalized spacial score (nSPS) is 18.0. The molecule has 0 saturated carbocycles. The van der Waals surface area contributed by atoms with Crippen LogP contribution >= 0.6 is 12.4 Å². The maximum absolute atomic E-state index is 12.9. The molecule has 4 rings (SSSR count). The Bertz CT molecular complexity index is 727.